The molecule has 0 spiro atoms. The van der Waals surface area contributed by atoms with Gasteiger partial charge in [-0.1, -0.05) is 59.3 Å². The van der Waals surface area contributed by atoms with Gasteiger partial charge in [-0.15, -0.1) is 35.3 Å². The molecule has 0 unspecified atom stereocenters. The van der Waals surface area contributed by atoms with E-state index >= 15 is 0 Å². The Morgan fingerprint density at radius 2 is 1.04 bits per heavy atom. The first-order valence-electron chi connectivity index (χ1n) is 10.1. The molecule has 0 nitrogen and oxygen atoms in total. The largest absolute Gasteiger partial charge is 0.125 e. The molecular weight excluding hydrogens is 360 g/mol. The van der Waals surface area contributed by atoms with Crippen LogP contribution in [0.15, 0.2) is 26.8 Å². The summed E-state index contributed by atoms with van der Waals surface area (Å²) in [5, 5.41) is 0. The Kier molecular flexibility index (Phi) is 14.3. The molecule has 1 rings (SSSR count). The molecular formula is C22H37S3. The molecule has 0 aliphatic heterocycles. The van der Waals surface area contributed by atoms with Gasteiger partial charge in [-0.2, -0.15) is 0 Å². The van der Waals surface area contributed by atoms with Gasteiger partial charge in [-0.05, 0) is 61.1 Å². The highest BCUT2D eigenvalue weighted by atomic mass is 32.2. The number of hydrogen-bond acceptors (Lipinski definition) is 3. The molecule has 3 heteroatoms. The van der Waals surface area contributed by atoms with Crippen LogP contribution < -0.4 is 0 Å². The second kappa shape index (κ2) is 15.3. The van der Waals surface area contributed by atoms with Crippen LogP contribution in [-0.4, -0.2) is 17.3 Å². The lowest BCUT2D eigenvalue weighted by atomic mass is 10.2. The highest BCUT2D eigenvalue weighted by Gasteiger charge is 2.12. The van der Waals surface area contributed by atoms with E-state index in [2.05, 4.69) is 51.6 Å². The molecule has 25 heavy (non-hydrogen) atoms. The van der Waals surface area contributed by atoms with Crippen molar-refractivity contribution >= 4 is 35.3 Å². The predicted molar refractivity (Wildman–Crippen MR) is 122 cm³/mol. The lowest BCUT2D eigenvalue weighted by Crippen LogP contribution is -1.92. The van der Waals surface area contributed by atoms with Crippen molar-refractivity contribution in [2.75, 3.05) is 17.3 Å². The summed E-state index contributed by atoms with van der Waals surface area (Å²) in [5.41, 5.74) is 1.17. The third-order valence-corrected chi connectivity index (χ3v) is 7.82. The van der Waals surface area contributed by atoms with E-state index in [1.165, 1.54) is 95.3 Å². The number of benzene rings is 1. The Morgan fingerprint density at radius 3 is 1.44 bits per heavy atom. The van der Waals surface area contributed by atoms with Gasteiger partial charge in [0.05, 0.1) is 0 Å². The minimum Gasteiger partial charge on any atom is -0.125 e. The molecule has 0 aromatic heterocycles. The van der Waals surface area contributed by atoms with Crippen LogP contribution in [-0.2, 0) is 0 Å². The summed E-state index contributed by atoms with van der Waals surface area (Å²) in [4.78, 5) is 4.48. The fourth-order valence-electron chi connectivity index (χ4n) is 2.58. The maximum atomic E-state index is 4.25. The van der Waals surface area contributed by atoms with Crippen LogP contribution in [0.1, 0.15) is 84.1 Å². The first kappa shape index (κ1) is 23.3. The van der Waals surface area contributed by atoms with E-state index in [0.29, 0.717) is 0 Å². The molecule has 0 saturated heterocycles. The first-order chi connectivity index (χ1) is 12.2. The van der Waals surface area contributed by atoms with Crippen molar-refractivity contribution < 1.29 is 0 Å². The van der Waals surface area contributed by atoms with Crippen LogP contribution in [0.25, 0.3) is 0 Å². The molecule has 1 radical (unpaired) electrons. The molecule has 1 aromatic rings. The summed E-state index contributed by atoms with van der Waals surface area (Å²) in [7, 11) is 0. The second-order valence-corrected chi connectivity index (χ2v) is 9.97. The maximum absolute atomic E-state index is 4.25. The van der Waals surface area contributed by atoms with Gasteiger partial charge in [-0.25, -0.2) is 0 Å². The minimum atomic E-state index is 1.17. The summed E-state index contributed by atoms with van der Waals surface area (Å²) in [6.07, 6.45) is 11.9. The van der Waals surface area contributed by atoms with E-state index in [-0.39, 0.29) is 0 Å². The topological polar surface area (TPSA) is 0 Å². The third-order valence-electron chi connectivity index (χ3n) is 4.09. The zero-order chi connectivity index (χ0) is 18.3. The maximum Gasteiger partial charge on any atom is 0.0344 e. The molecule has 0 amide bonds. The van der Waals surface area contributed by atoms with Crippen molar-refractivity contribution in [2.45, 2.75) is 93.2 Å². The molecule has 0 aliphatic rings. The van der Waals surface area contributed by atoms with Crippen molar-refractivity contribution in [3.05, 3.63) is 24.6 Å². The molecule has 1 aromatic carbocycles. The first-order valence-corrected chi connectivity index (χ1v) is 13.1. The molecule has 0 saturated carbocycles. The van der Waals surface area contributed by atoms with E-state index in [4.69, 9.17) is 0 Å². The van der Waals surface area contributed by atoms with Gasteiger partial charge < -0.3 is 0 Å². The SMILES string of the molecule is [CH2]c1cc(SCCCCC)c(SCCCCC)c(SCCCCC)c1. The smallest absolute Gasteiger partial charge is 0.0344 e. The van der Waals surface area contributed by atoms with Crippen molar-refractivity contribution in [2.24, 2.45) is 0 Å². The third kappa shape index (κ3) is 10.2. The number of rotatable bonds is 15. The van der Waals surface area contributed by atoms with E-state index in [9.17, 15) is 0 Å². The van der Waals surface area contributed by atoms with Gasteiger partial charge in [0.2, 0.25) is 0 Å². The average Bonchev–Trinajstić information content (AvgIpc) is 2.60. The zero-order valence-electron chi connectivity index (χ0n) is 16.6. The Balaban J connectivity index is 2.79. The predicted octanol–water partition coefficient (Wildman–Crippen LogP) is 8.72. The molecule has 0 heterocycles. The fraction of sp³-hybridized carbons (Fsp3) is 0.682. The Bertz CT molecular complexity index is 424. The van der Waals surface area contributed by atoms with Crippen LogP contribution in [0.3, 0.4) is 0 Å². The lowest BCUT2D eigenvalue weighted by molar-refractivity contribution is 0.776. The van der Waals surface area contributed by atoms with Crippen molar-refractivity contribution in [3.8, 4) is 0 Å². The second-order valence-electron chi connectivity index (χ2n) is 6.59. The Labute approximate surface area is 170 Å². The minimum absolute atomic E-state index is 1.17. The molecule has 0 N–H and O–H groups in total. The van der Waals surface area contributed by atoms with Crippen molar-refractivity contribution in [1.29, 1.82) is 0 Å². The van der Waals surface area contributed by atoms with Crippen LogP contribution in [0.5, 0.6) is 0 Å². The summed E-state index contributed by atoms with van der Waals surface area (Å²) in [6.45, 7) is 11.1. The highest BCUT2D eigenvalue weighted by molar-refractivity contribution is 8.03. The van der Waals surface area contributed by atoms with Crippen LogP contribution in [0.2, 0.25) is 0 Å². The average molecular weight is 398 g/mol. The monoisotopic (exact) mass is 397 g/mol. The summed E-state index contributed by atoms with van der Waals surface area (Å²) >= 11 is 6.18. The number of thioether (sulfide) groups is 3. The van der Waals surface area contributed by atoms with E-state index in [1.54, 1.807) is 0 Å². The van der Waals surface area contributed by atoms with E-state index in [1.807, 2.05) is 23.5 Å². The molecule has 143 valence electrons. The summed E-state index contributed by atoms with van der Waals surface area (Å²) in [5.74, 6) is 3.72. The standard InChI is InChI=1S/C22H37S3/c1-5-8-11-14-23-20-17-19(4)18-21(24-15-12-9-6-2)22(20)25-16-13-10-7-3/h17-18H,4-16H2,1-3H3. The zero-order valence-corrected chi connectivity index (χ0v) is 19.0. The lowest BCUT2D eigenvalue weighted by Gasteiger charge is -2.15. The number of hydrogen-bond donors (Lipinski definition) is 0. The van der Waals surface area contributed by atoms with Gasteiger partial charge >= 0.3 is 0 Å². The molecule has 0 fully saturated rings. The summed E-state index contributed by atoms with van der Waals surface area (Å²) < 4.78 is 0. The van der Waals surface area contributed by atoms with Gasteiger partial charge in [0.15, 0.2) is 0 Å². The van der Waals surface area contributed by atoms with Gasteiger partial charge in [0.1, 0.15) is 0 Å². The molecule has 0 aliphatic carbocycles. The highest BCUT2D eigenvalue weighted by Crippen LogP contribution is 2.40. The Morgan fingerprint density at radius 1 is 0.640 bits per heavy atom. The van der Waals surface area contributed by atoms with Crippen LogP contribution >= 0.6 is 35.3 Å². The van der Waals surface area contributed by atoms with Crippen molar-refractivity contribution in [3.63, 3.8) is 0 Å². The van der Waals surface area contributed by atoms with Gasteiger partial charge in [0, 0.05) is 14.7 Å². The quantitative estimate of drug-likeness (QED) is 0.214. The Hall–Kier alpha value is 0.270. The van der Waals surface area contributed by atoms with E-state index in [0.717, 1.165) is 0 Å². The molecule has 0 bridgehead atoms. The summed E-state index contributed by atoms with van der Waals surface area (Å²) in [6, 6.07) is 4.63. The van der Waals surface area contributed by atoms with Crippen LogP contribution in [0, 0.1) is 6.92 Å². The van der Waals surface area contributed by atoms with Crippen LogP contribution in [0.4, 0.5) is 0 Å². The fourth-order valence-corrected chi connectivity index (χ4v) is 6.40. The van der Waals surface area contributed by atoms with Crippen molar-refractivity contribution in [1.82, 2.24) is 0 Å². The normalized spacial score (nSPS) is 11.2. The van der Waals surface area contributed by atoms with Gasteiger partial charge in [0.25, 0.3) is 0 Å². The van der Waals surface area contributed by atoms with E-state index < -0.39 is 0 Å². The van der Waals surface area contributed by atoms with Gasteiger partial charge in [-0.3, -0.25) is 0 Å². The molecule has 0 atom stereocenters. The number of unbranched alkanes of at least 4 members (excludes halogenated alkanes) is 6.